The summed E-state index contributed by atoms with van der Waals surface area (Å²) >= 11 is 6.01. The van der Waals surface area contributed by atoms with Crippen molar-refractivity contribution in [3.8, 4) is 0 Å². The van der Waals surface area contributed by atoms with Gasteiger partial charge < -0.3 is 15.4 Å². The quantitative estimate of drug-likeness (QED) is 0.536. The van der Waals surface area contributed by atoms with Crippen LogP contribution in [-0.4, -0.2) is 43.6 Å². The number of aromatic nitrogens is 1. The van der Waals surface area contributed by atoms with Crippen LogP contribution in [0.25, 0.3) is 22.6 Å². The van der Waals surface area contributed by atoms with Crippen LogP contribution < -0.4 is 10.6 Å². The molecule has 0 bridgehead atoms. The number of hydrogen-bond acceptors (Lipinski definition) is 4. The minimum absolute atomic E-state index is 0.0958. The standard InChI is InChI=1S/C25H24ClN3O3/c1-32-13-12-27-22(30)15-28-25(31)23-19-4-2-3-5-21(19)29-24-17(8-11-20(23)24)14-16-6-9-18(26)10-7-16/h2-7,9-10,14H,8,11-13,15H2,1H3,(H,27,30)(H,28,31)/b17-14-. The maximum atomic E-state index is 13.2. The average molecular weight is 450 g/mol. The molecule has 0 unspecified atom stereocenters. The molecule has 32 heavy (non-hydrogen) atoms. The Kier molecular flexibility index (Phi) is 6.83. The number of para-hydroxylation sites is 1. The highest BCUT2D eigenvalue weighted by Gasteiger charge is 2.26. The van der Waals surface area contributed by atoms with Crippen molar-refractivity contribution in [2.45, 2.75) is 12.8 Å². The fourth-order valence-electron chi connectivity index (χ4n) is 3.90. The molecule has 1 aromatic heterocycles. The second kappa shape index (κ2) is 9.94. The van der Waals surface area contributed by atoms with Gasteiger partial charge in [0.15, 0.2) is 0 Å². The van der Waals surface area contributed by atoms with E-state index >= 15 is 0 Å². The van der Waals surface area contributed by atoms with Gasteiger partial charge in [-0.1, -0.05) is 41.9 Å². The Morgan fingerprint density at radius 2 is 1.88 bits per heavy atom. The van der Waals surface area contributed by atoms with E-state index in [-0.39, 0.29) is 18.4 Å². The summed E-state index contributed by atoms with van der Waals surface area (Å²) in [5, 5.41) is 6.95. The summed E-state index contributed by atoms with van der Waals surface area (Å²) in [6, 6.07) is 15.2. The molecule has 3 aromatic rings. The zero-order chi connectivity index (χ0) is 22.5. The van der Waals surface area contributed by atoms with Gasteiger partial charge in [-0.15, -0.1) is 0 Å². The predicted molar refractivity (Wildman–Crippen MR) is 127 cm³/mol. The number of hydrogen-bond donors (Lipinski definition) is 2. The van der Waals surface area contributed by atoms with Gasteiger partial charge in [0, 0.05) is 24.1 Å². The predicted octanol–water partition coefficient (Wildman–Crippen LogP) is 3.87. The molecule has 1 aliphatic rings. The number of carbonyl (C=O) groups excluding carboxylic acids is 2. The van der Waals surface area contributed by atoms with Crippen LogP contribution in [-0.2, 0) is 16.0 Å². The molecule has 6 nitrogen and oxygen atoms in total. The SMILES string of the molecule is COCCNC(=O)CNC(=O)c1c2c(nc3ccccc13)/C(=C\c1ccc(Cl)cc1)CC2. The number of nitrogens with zero attached hydrogens (tertiary/aromatic N) is 1. The third kappa shape index (κ3) is 4.82. The number of amides is 2. The summed E-state index contributed by atoms with van der Waals surface area (Å²) < 4.78 is 4.92. The lowest BCUT2D eigenvalue weighted by atomic mass is 10.00. The highest BCUT2D eigenvalue weighted by molar-refractivity contribution is 6.30. The molecule has 2 amide bonds. The largest absolute Gasteiger partial charge is 0.383 e. The lowest BCUT2D eigenvalue weighted by molar-refractivity contribution is -0.120. The van der Waals surface area contributed by atoms with Gasteiger partial charge in [0.05, 0.1) is 29.9 Å². The maximum Gasteiger partial charge on any atom is 0.252 e. The van der Waals surface area contributed by atoms with Crippen molar-refractivity contribution >= 4 is 46.0 Å². The molecule has 4 rings (SSSR count). The van der Waals surface area contributed by atoms with Crippen LogP contribution in [0.4, 0.5) is 0 Å². The first-order chi connectivity index (χ1) is 15.6. The van der Waals surface area contributed by atoms with Crippen molar-refractivity contribution < 1.29 is 14.3 Å². The second-order valence-corrected chi connectivity index (χ2v) is 8.01. The molecule has 2 N–H and O–H groups in total. The van der Waals surface area contributed by atoms with Gasteiger partial charge in [-0.25, -0.2) is 4.98 Å². The van der Waals surface area contributed by atoms with Crippen molar-refractivity contribution in [3.05, 3.63) is 75.9 Å². The Hall–Kier alpha value is -3.22. The number of fused-ring (bicyclic) bond motifs is 2. The summed E-state index contributed by atoms with van der Waals surface area (Å²) in [5.41, 5.74) is 5.22. The Bertz CT molecular complexity index is 1190. The fourth-order valence-corrected chi connectivity index (χ4v) is 4.03. The van der Waals surface area contributed by atoms with Crippen molar-refractivity contribution in [2.75, 3.05) is 26.8 Å². The molecule has 0 saturated carbocycles. The number of allylic oxidation sites excluding steroid dienone is 1. The molecule has 164 valence electrons. The Morgan fingerprint density at radius 1 is 1.09 bits per heavy atom. The smallest absolute Gasteiger partial charge is 0.252 e. The van der Waals surface area contributed by atoms with Crippen LogP contribution in [0.2, 0.25) is 5.02 Å². The monoisotopic (exact) mass is 449 g/mol. The third-order valence-corrected chi connectivity index (χ3v) is 5.67. The van der Waals surface area contributed by atoms with E-state index in [1.807, 2.05) is 48.5 Å². The fraction of sp³-hybridized carbons (Fsp3) is 0.240. The summed E-state index contributed by atoms with van der Waals surface area (Å²) in [6.07, 6.45) is 3.60. The van der Waals surface area contributed by atoms with Crippen LogP contribution in [0.15, 0.2) is 48.5 Å². The Balaban J connectivity index is 1.65. The normalized spacial score (nSPS) is 13.9. The number of pyridine rings is 1. The molecule has 0 spiro atoms. The first-order valence-electron chi connectivity index (χ1n) is 10.5. The van der Waals surface area contributed by atoms with E-state index in [1.165, 1.54) is 0 Å². The second-order valence-electron chi connectivity index (χ2n) is 7.58. The number of benzene rings is 2. The van der Waals surface area contributed by atoms with Crippen molar-refractivity contribution in [2.24, 2.45) is 0 Å². The Morgan fingerprint density at radius 3 is 2.66 bits per heavy atom. The van der Waals surface area contributed by atoms with Gasteiger partial charge in [-0.2, -0.15) is 0 Å². The van der Waals surface area contributed by atoms with Crippen molar-refractivity contribution in [1.82, 2.24) is 15.6 Å². The number of nitrogens with one attached hydrogen (secondary N) is 2. The van der Waals surface area contributed by atoms with E-state index in [2.05, 4.69) is 16.7 Å². The molecule has 1 aliphatic carbocycles. The molecule has 0 saturated heterocycles. The molecule has 1 heterocycles. The van der Waals surface area contributed by atoms with Gasteiger partial charge in [0.1, 0.15) is 0 Å². The highest BCUT2D eigenvalue weighted by atomic mass is 35.5. The number of carbonyl (C=O) groups is 2. The summed E-state index contributed by atoms with van der Waals surface area (Å²) in [7, 11) is 1.57. The number of ether oxygens (including phenoxy) is 1. The van der Waals surface area contributed by atoms with E-state index < -0.39 is 0 Å². The third-order valence-electron chi connectivity index (χ3n) is 5.42. The first-order valence-corrected chi connectivity index (χ1v) is 10.9. The van der Waals surface area contributed by atoms with Gasteiger partial charge in [0.2, 0.25) is 5.91 Å². The van der Waals surface area contributed by atoms with Crippen LogP contribution in [0.3, 0.4) is 0 Å². The number of rotatable bonds is 7. The van der Waals surface area contributed by atoms with E-state index in [1.54, 1.807) is 7.11 Å². The molecule has 0 fully saturated rings. The topological polar surface area (TPSA) is 80.3 Å². The summed E-state index contributed by atoms with van der Waals surface area (Å²) in [6.45, 7) is 0.726. The minimum atomic E-state index is -0.269. The zero-order valence-corrected chi connectivity index (χ0v) is 18.5. The molecule has 2 aromatic carbocycles. The summed E-state index contributed by atoms with van der Waals surface area (Å²) in [5.74, 6) is -0.525. The van der Waals surface area contributed by atoms with Crippen LogP contribution >= 0.6 is 11.6 Å². The zero-order valence-electron chi connectivity index (χ0n) is 17.8. The van der Waals surface area contributed by atoms with E-state index in [0.717, 1.165) is 46.1 Å². The van der Waals surface area contributed by atoms with Crippen molar-refractivity contribution in [3.63, 3.8) is 0 Å². The molecular formula is C25H24ClN3O3. The Labute approximate surface area is 191 Å². The molecule has 0 atom stereocenters. The van der Waals surface area contributed by atoms with Gasteiger partial charge in [-0.05, 0) is 53.8 Å². The van der Waals surface area contributed by atoms with Crippen LogP contribution in [0, 0.1) is 0 Å². The molecule has 7 heteroatoms. The van der Waals surface area contributed by atoms with Crippen molar-refractivity contribution in [1.29, 1.82) is 0 Å². The highest BCUT2D eigenvalue weighted by Crippen LogP contribution is 2.37. The average Bonchev–Trinajstić information content (AvgIpc) is 3.19. The summed E-state index contributed by atoms with van der Waals surface area (Å²) in [4.78, 5) is 30.1. The van der Waals surface area contributed by atoms with E-state index in [4.69, 9.17) is 21.3 Å². The van der Waals surface area contributed by atoms with Gasteiger partial charge in [-0.3, -0.25) is 9.59 Å². The molecule has 0 aliphatic heterocycles. The lowest BCUT2D eigenvalue weighted by Crippen LogP contribution is -2.38. The molecular weight excluding hydrogens is 426 g/mol. The van der Waals surface area contributed by atoms with Gasteiger partial charge >= 0.3 is 0 Å². The maximum absolute atomic E-state index is 13.2. The molecule has 0 radical (unpaired) electrons. The first kappa shape index (κ1) is 22.0. The van der Waals surface area contributed by atoms with Crippen LogP contribution in [0.5, 0.6) is 0 Å². The van der Waals surface area contributed by atoms with Crippen LogP contribution in [0.1, 0.15) is 33.6 Å². The lowest BCUT2D eigenvalue weighted by Gasteiger charge is -2.13. The van der Waals surface area contributed by atoms with Gasteiger partial charge in [0.25, 0.3) is 5.91 Å². The van der Waals surface area contributed by atoms with E-state index in [9.17, 15) is 9.59 Å². The van der Waals surface area contributed by atoms with E-state index in [0.29, 0.717) is 23.7 Å². The number of halogens is 1. The number of methoxy groups -OCH3 is 1. The minimum Gasteiger partial charge on any atom is -0.383 e.